The van der Waals surface area contributed by atoms with Crippen LogP contribution in [0.4, 0.5) is 10.1 Å². The molecule has 21 heavy (non-hydrogen) atoms. The van der Waals surface area contributed by atoms with Gasteiger partial charge in [0.1, 0.15) is 5.82 Å². The molecule has 0 amide bonds. The third-order valence-electron chi connectivity index (χ3n) is 3.74. The molecule has 0 radical (unpaired) electrons. The van der Waals surface area contributed by atoms with Crippen LogP contribution in [0, 0.1) is 5.82 Å². The standard InChI is InChI=1S/C16H15FN2O2/c17-12-7-6-11(16(20)21)9-14(12)19-13-5-1-3-10-4-2-8-18-15(10)13/h2,4,6-9,13,19H,1,3,5H2,(H,20,21). The molecule has 1 aromatic heterocycles. The topological polar surface area (TPSA) is 62.2 Å². The molecule has 2 aromatic rings. The van der Waals surface area contributed by atoms with Gasteiger partial charge in [-0.1, -0.05) is 6.07 Å². The predicted octanol–water partition coefficient (Wildman–Crippen LogP) is 3.41. The van der Waals surface area contributed by atoms with Crippen LogP contribution in [0.2, 0.25) is 0 Å². The van der Waals surface area contributed by atoms with Crippen LogP contribution in [0.1, 0.15) is 40.5 Å². The lowest BCUT2D eigenvalue weighted by Gasteiger charge is -2.26. The molecule has 1 aliphatic rings. The lowest BCUT2D eigenvalue weighted by atomic mass is 9.91. The normalized spacial score (nSPS) is 17.1. The molecule has 0 bridgehead atoms. The second-order valence-corrected chi connectivity index (χ2v) is 5.14. The number of benzene rings is 1. The fraction of sp³-hybridized carbons (Fsp3) is 0.250. The van der Waals surface area contributed by atoms with Crippen LogP contribution in [0.5, 0.6) is 0 Å². The number of nitrogens with zero attached hydrogens (tertiary/aromatic N) is 1. The number of halogens is 1. The van der Waals surface area contributed by atoms with Gasteiger partial charge in [0.05, 0.1) is 23.0 Å². The van der Waals surface area contributed by atoms with Crippen molar-refractivity contribution in [3.8, 4) is 0 Å². The van der Waals surface area contributed by atoms with Gasteiger partial charge in [0.15, 0.2) is 0 Å². The molecule has 1 heterocycles. The number of hydrogen-bond acceptors (Lipinski definition) is 3. The van der Waals surface area contributed by atoms with Crippen molar-refractivity contribution in [1.82, 2.24) is 4.98 Å². The first-order chi connectivity index (χ1) is 10.1. The summed E-state index contributed by atoms with van der Waals surface area (Å²) in [4.78, 5) is 15.4. The largest absolute Gasteiger partial charge is 0.478 e. The lowest BCUT2D eigenvalue weighted by molar-refractivity contribution is 0.0697. The Balaban J connectivity index is 1.91. The Labute approximate surface area is 121 Å². The predicted molar refractivity (Wildman–Crippen MR) is 76.9 cm³/mol. The molecule has 5 heteroatoms. The summed E-state index contributed by atoms with van der Waals surface area (Å²) >= 11 is 0. The number of aromatic nitrogens is 1. The Bertz CT molecular complexity index is 688. The Morgan fingerprint density at radius 1 is 1.38 bits per heavy atom. The second kappa shape index (κ2) is 5.52. The maximum Gasteiger partial charge on any atom is 0.335 e. The van der Waals surface area contributed by atoms with Crippen molar-refractivity contribution in [3.05, 3.63) is 59.2 Å². The zero-order chi connectivity index (χ0) is 14.8. The average molecular weight is 286 g/mol. The minimum absolute atomic E-state index is 0.0657. The summed E-state index contributed by atoms with van der Waals surface area (Å²) in [6.45, 7) is 0. The van der Waals surface area contributed by atoms with E-state index in [1.54, 1.807) is 6.20 Å². The van der Waals surface area contributed by atoms with Crippen LogP contribution >= 0.6 is 0 Å². The van der Waals surface area contributed by atoms with Crippen molar-refractivity contribution in [2.75, 3.05) is 5.32 Å². The Hall–Kier alpha value is -2.43. The van der Waals surface area contributed by atoms with Gasteiger partial charge in [-0.05, 0) is 49.1 Å². The number of pyridine rings is 1. The number of carbonyl (C=O) groups is 1. The van der Waals surface area contributed by atoms with Gasteiger partial charge in [0.25, 0.3) is 0 Å². The molecule has 0 saturated heterocycles. The summed E-state index contributed by atoms with van der Waals surface area (Å²) in [7, 11) is 0. The summed E-state index contributed by atoms with van der Waals surface area (Å²) in [6.07, 6.45) is 4.54. The molecule has 1 unspecified atom stereocenters. The minimum Gasteiger partial charge on any atom is -0.478 e. The van der Waals surface area contributed by atoms with E-state index in [1.807, 2.05) is 12.1 Å². The summed E-state index contributed by atoms with van der Waals surface area (Å²) in [5, 5.41) is 12.1. The Kier molecular flexibility index (Phi) is 3.56. The number of carboxylic acid groups (broad SMARTS) is 1. The first kappa shape index (κ1) is 13.5. The number of aryl methyl sites for hydroxylation is 1. The first-order valence-corrected chi connectivity index (χ1v) is 6.88. The van der Waals surface area contributed by atoms with Crippen molar-refractivity contribution < 1.29 is 14.3 Å². The van der Waals surface area contributed by atoms with Gasteiger partial charge in [-0.15, -0.1) is 0 Å². The maximum atomic E-state index is 13.9. The number of rotatable bonds is 3. The zero-order valence-electron chi connectivity index (χ0n) is 11.3. The van der Waals surface area contributed by atoms with Crippen molar-refractivity contribution in [1.29, 1.82) is 0 Å². The van der Waals surface area contributed by atoms with Crippen LogP contribution in [-0.2, 0) is 6.42 Å². The summed E-state index contributed by atoms with van der Waals surface area (Å²) in [5.41, 5.74) is 2.36. The monoisotopic (exact) mass is 286 g/mol. The van der Waals surface area contributed by atoms with Crippen LogP contribution in [-0.4, -0.2) is 16.1 Å². The van der Waals surface area contributed by atoms with E-state index in [4.69, 9.17) is 5.11 Å². The SMILES string of the molecule is O=C(O)c1ccc(F)c(NC2CCCc3cccnc32)c1. The van der Waals surface area contributed by atoms with Crippen molar-refractivity contribution in [2.45, 2.75) is 25.3 Å². The van der Waals surface area contributed by atoms with Gasteiger partial charge in [-0.3, -0.25) is 4.98 Å². The van der Waals surface area contributed by atoms with Gasteiger partial charge in [-0.25, -0.2) is 9.18 Å². The quantitative estimate of drug-likeness (QED) is 0.907. The molecule has 2 N–H and O–H groups in total. The van der Waals surface area contributed by atoms with E-state index in [9.17, 15) is 9.18 Å². The molecule has 3 rings (SSSR count). The highest BCUT2D eigenvalue weighted by molar-refractivity contribution is 5.88. The van der Waals surface area contributed by atoms with Crippen molar-refractivity contribution >= 4 is 11.7 Å². The van der Waals surface area contributed by atoms with Gasteiger partial charge in [-0.2, -0.15) is 0 Å². The number of aromatic carboxylic acids is 1. The van der Waals surface area contributed by atoms with Crippen LogP contribution in [0.3, 0.4) is 0 Å². The fourth-order valence-corrected chi connectivity index (χ4v) is 2.71. The zero-order valence-corrected chi connectivity index (χ0v) is 11.3. The van der Waals surface area contributed by atoms with Crippen molar-refractivity contribution in [3.63, 3.8) is 0 Å². The van der Waals surface area contributed by atoms with E-state index in [0.717, 1.165) is 30.5 Å². The Morgan fingerprint density at radius 3 is 3.05 bits per heavy atom. The van der Waals surface area contributed by atoms with Gasteiger partial charge < -0.3 is 10.4 Å². The molecule has 1 aromatic carbocycles. The average Bonchev–Trinajstić information content (AvgIpc) is 2.49. The second-order valence-electron chi connectivity index (χ2n) is 5.14. The van der Waals surface area contributed by atoms with E-state index >= 15 is 0 Å². The molecule has 4 nitrogen and oxygen atoms in total. The lowest BCUT2D eigenvalue weighted by Crippen LogP contribution is -2.19. The summed E-state index contributed by atoms with van der Waals surface area (Å²) < 4.78 is 13.9. The molecule has 1 atom stereocenters. The van der Waals surface area contributed by atoms with Gasteiger partial charge >= 0.3 is 5.97 Å². The Morgan fingerprint density at radius 2 is 2.24 bits per heavy atom. The maximum absolute atomic E-state index is 13.9. The van der Waals surface area contributed by atoms with Crippen LogP contribution in [0.15, 0.2) is 36.5 Å². The number of carboxylic acids is 1. The molecule has 0 aliphatic heterocycles. The minimum atomic E-state index is -1.07. The molecule has 0 spiro atoms. The molecular weight excluding hydrogens is 271 g/mol. The van der Waals surface area contributed by atoms with E-state index < -0.39 is 11.8 Å². The van der Waals surface area contributed by atoms with Gasteiger partial charge in [0, 0.05) is 6.20 Å². The smallest absolute Gasteiger partial charge is 0.335 e. The highest BCUT2D eigenvalue weighted by atomic mass is 19.1. The fourth-order valence-electron chi connectivity index (χ4n) is 2.71. The molecular formula is C16H15FN2O2. The number of hydrogen-bond donors (Lipinski definition) is 2. The molecule has 108 valence electrons. The highest BCUT2D eigenvalue weighted by Gasteiger charge is 2.22. The number of fused-ring (bicyclic) bond motifs is 1. The number of anilines is 1. The number of nitrogens with one attached hydrogen (secondary N) is 1. The van der Waals surface area contributed by atoms with E-state index in [1.165, 1.54) is 18.2 Å². The van der Waals surface area contributed by atoms with E-state index in [0.29, 0.717) is 0 Å². The van der Waals surface area contributed by atoms with Gasteiger partial charge in [0.2, 0.25) is 0 Å². The summed E-state index contributed by atoms with van der Waals surface area (Å²) in [6, 6.07) is 7.60. The third-order valence-corrected chi connectivity index (χ3v) is 3.74. The molecule has 0 saturated carbocycles. The van der Waals surface area contributed by atoms with Crippen LogP contribution in [0.25, 0.3) is 0 Å². The first-order valence-electron chi connectivity index (χ1n) is 6.88. The van der Waals surface area contributed by atoms with Crippen LogP contribution < -0.4 is 5.32 Å². The van der Waals surface area contributed by atoms with E-state index in [2.05, 4.69) is 10.3 Å². The van der Waals surface area contributed by atoms with E-state index in [-0.39, 0.29) is 17.3 Å². The van der Waals surface area contributed by atoms with Crippen molar-refractivity contribution in [2.24, 2.45) is 0 Å². The highest BCUT2D eigenvalue weighted by Crippen LogP contribution is 2.31. The molecule has 1 aliphatic carbocycles. The summed E-state index contributed by atoms with van der Waals surface area (Å²) in [5.74, 6) is -1.52. The molecule has 0 fully saturated rings. The third kappa shape index (κ3) is 2.72.